The van der Waals surface area contributed by atoms with E-state index in [0.29, 0.717) is 18.9 Å². The minimum Gasteiger partial charge on any atom is -0.465 e. The molecule has 1 unspecified atom stereocenters. The molecule has 1 atom stereocenters. The van der Waals surface area contributed by atoms with Gasteiger partial charge in [0.15, 0.2) is 0 Å². The van der Waals surface area contributed by atoms with Crippen LogP contribution in [0.5, 0.6) is 0 Å². The van der Waals surface area contributed by atoms with Crippen molar-refractivity contribution < 1.29 is 9.53 Å². The maximum Gasteiger partial charge on any atom is 0.306 e. The molecule has 0 aliphatic rings. The van der Waals surface area contributed by atoms with E-state index >= 15 is 0 Å². The lowest BCUT2D eigenvalue weighted by Crippen LogP contribution is -2.14. The fraction of sp³-hybridized carbons (Fsp3) is 0.524. The number of thioether (sulfide) groups is 1. The Kier molecular flexibility index (Phi) is 8.75. The van der Waals surface area contributed by atoms with E-state index in [2.05, 4.69) is 37.1 Å². The summed E-state index contributed by atoms with van der Waals surface area (Å²) < 4.78 is 7.26. The smallest absolute Gasteiger partial charge is 0.306 e. The van der Waals surface area contributed by atoms with Gasteiger partial charge in [-0.05, 0) is 30.0 Å². The molecule has 1 aromatic heterocycles. The molecule has 0 saturated carbocycles. The van der Waals surface area contributed by atoms with Crippen LogP contribution < -0.4 is 0 Å². The summed E-state index contributed by atoms with van der Waals surface area (Å²) >= 11 is 1.69. The van der Waals surface area contributed by atoms with Crippen molar-refractivity contribution in [3.63, 3.8) is 0 Å². The van der Waals surface area contributed by atoms with Gasteiger partial charge in [0, 0.05) is 29.5 Å². The van der Waals surface area contributed by atoms with Gasteiger partial charge in [-0.2, -0.15) is 5.10 Å². The van der Waals surface area contributed by atoms with E-state index in [1.807, 2.05) is 25.5 Å². The highest BCUT2D eigenvalue weighted by Gasteiger charge is 2.10. The maximum absolute atomic E-state index is 12.0. The molecule has 0 aliphatic carbocycles. The molecular formula is C21H30N2O2S. The Hall–Kier alpha value is -1.75. The summed E-state index contributed by atoms with van der Waals surface area (Å²) in [7, 11) is 1.92. The number of ether oxygens (including phenoxy) is 1. The van der Waals surface area contributed by atoms with E-state index in [-0.39, 0.29) is 5.97 Å². The molecule has 0 N–H and O–H groups in total. The Morgan fingerprint density at radius 2 is 2.15 bits per heavy atom. The van der Waals surface area contributed by atoms with Crippen LogP contribution in [0.3, 0.4) is 0 Å². The third-order valence-corrected chi connectivity index (χ3v) is 5.47. The summed E-state index contributed by atoms with van der Waals surface area (Å²) in [6, 6.07) is 8.34. The van der Waals surface area contributed by atoms with Crippen molar-refractivity contribution in [2.75, 3.05) is 12.4 Å². The second-order valence-electron chi connectivity index (χ2n) is 6.63. The van der Waals surface area contributed by atoms with Crippen molar-refractivity contribution in [1.82, 2.24) is 9.78 Å². The number of unbranched alkanes of at least 4 members (excludes halogenated alkanes) is 1. The summed E-state index contributed by atoms with van der Waals surface area (Å²) in [6.45, 7) is 4.93. The van der Waals surface area contributed by atoms with Gasteiger partial charge in [0.05, 0.1) is 19.2 Å². The molecule has 4 nitrogen and oxygen atoms in total. The fourth-order valence-electron chi connectivity index (χ4n) is 2.77. The van der Waals surface area contributed by atoms with Gasteiger partial charge in [0.2, 0.25) is 0 Å². The summed E-state index contributed by atoms with van der Waals surface area (Å²) in [5.41, 5.74) is 2.25. The third-order valence-electron chi connectivity index (χ3n) is 4.47. The first kappa shape index (κ1) is 20.6. The van der Waals surface area contributed by atoms with Crippen LogP contribution in [0, 0.1) is 5.92 Å². The summed E-state index contributed by atoms with van der Waals surface area (Å²) in [5, 5.41) is 4.22. The zero-order chi connectivity index (χ0) is 18.8. The van der Waals surface area contributed by atoms with Crippen LogP contribution in [0.1, 0.15) is 46.0 Å². The zero-order valence-electron chi connectivity index (χ0n) is 16.1. The van der Waals surface area contributed by atoms with E-state index in [9.17, 15) is 4.79 Å². The Morgan fingerprint density at radius 1 is 1.31 bits per heavy atom. The number of aromatic nitrogens is 2. The van der Waals surface area contributed by atoms with Gasteiger partial charge in [-0.15, -0.1) is 11.8 Å². The minimum atomic E-state index is -0.0872. The molecule has 0 radical (unpaired) electrons. The van der Waals surface area contributed by atoms with Crippen molar-refractivity contribution in [2.24, 2.45) is 13.0 Å². The Bertz CT molecular complexity index is 684. The quantitative estimate of drug-likeness (QED) is 0.394. The molecule has 0 saturated heterocycles. The van der Waals surface area contributed by atoms with Crippen molar-refractivity contribution in [3.05, 3.63) is 36.7 Å². The van der Waals surface area contributed by atoms with Crippen molar-refractivity contribution >= 4 is 17.7 Å². The summed E-state index contributed by atoms with van der Waals surface area (Å²) in [4.78, 5) is 13.1. The van der Waals surface area contributed by atoms with Crippen molar-refractivity contribution in [2.45, 2.75) is 50.8 Å². The van der Waals surface area contributed by atoms with Gasteiger partial charge in [0.25, 0.3) is 0 Å². The van der Waals surface area contributed by atoms with Crippen LogP contribution in [0.4, 0.5) is 0 Å². The van der Waals surface area contributed by atoms with Crippen LogP contribution in [-0.2, 0) is 16.6 Å². The van der Waals surface area contributed by atoms with Crippen LogP contribution in [0.25, 0.3) is 11.1 Å². The predicted octanol–water partition coefficient (Wildman–Crippen LogP) is 5.33. The Morgan fingerprint density at radius 3 is 2.85 bits per heavy atom. The van der Waals surface area contributed by atoms with Crippen LogP contribution in [-0.4, -0.2) is 28.1 Å². The molecule has 5 heteroatoms. The molecule has 142 valence electrons. The maximum atomic E-state index is 12.0. The molecule has 1 heterocycles. The zero-order valence-corrected chi connectivity index (χ0v) is 16.9. The molecule has 0 amide bonds. The second-order valence-corrected chi connectivity index (χ2v) is 7.80. The molecule has 0 fully saturated rings. The lowest BCUT2D eigenvalue weighted by molar-refractivity contribution is -0.144. The SMILES string of the molecule is CCCCC(CC)COC(=O)CCSc1cccc(-c2cnn(C)c2)c1. The largest absolute Gasteiger partial charge is 0.465 e. The number of carbonyl (C=O) groups is 1. The van der Waals surface area contributed by atoms with Gasteiger partial charge in [-0.1, -0.05) is 45.2 Å². The number of aryl methyl sites for hydroxylation is 1. The van der Waals surface area contributed by atoms with Crippen LogP contribution in [0.2, 0.25) is 0 Å². The molecule has 0 aliphatic heterocycles. The van der Waals surface area contributed by atoms with Gasteiger partial charge in [-0.25, -0.2) is 0 Å². The van der Waals surface area contributed by atoms with E-state index in [4.69, 9.17) is 4.74 Å². The molecule has 0 spiro atoms. The molecule has 1 aromatic carbocycles. The molecule has 26 heavy (non-hydrogen) atoms. The van der Waals surface area contributed by atoms with E-state index in [1.165, 1.54) is 12.8 Å². The van der Waals surface area contributed by atoms with Gasteiger partial charge >= 0.3 is 5.97 Å². The van der Waals surface area contributed by atoms with E-state index < -0.39 is 0 Å². The van der Waals surface area contributed by atoms with Gasteiger partial charge in [-0.3, -0.25) is 9.48 Å². The minimum absolute atomic E-state index is 0.0872. The summed E-state index contributed by atoms with van der Waals surface area (Å²) in [6.07, 6.45) is 8.94. The van der Waals surface area contributed by atoms with Crippen molar-refractivity contribution in [1.29, 1.82) is 0 Å². The average Bonchev–Trinajstić information content (AvgIpc) is 3.09. The van der Waals surface area contributed by atoms with E-state index in [0.717, 1.165) is 34.6 Å². The van der Waals surface area contributed by atoms with Gasteiger partial charge < -0.3 is 4.74 Å². The first-order chi connectivity index (χ1) is 12.6. The summed E-state index contributed by atoms with van der Waals surface area (Å²) in [5.74, 6) is 1.15. The number of hydrogen-bond donors (Lipinski definition) is 0. The topological polar surface area (TPSA) is 44.1 Å². The molecular weight excluding hydrogens is 344 g/mol. The molecule has 2 aromatic rings. The number of esters is 1. The average molecular weight is 375 g/mol. The standard InChI is InChI=1S/C21H30N2O2S/c1-4-6-8-17(5-2)16-25-21(24)11-12-26-20-10-7-9-18(13-20)19-14-22-23(3)15-19/h7,9-10,13-15,17H,4-6,8,11-12,16H2,1-3H3. The van der Waals surface area contributed by atoms with Crippen LogP contribution >= 0.6 is 11.8 Å². The first-order valence-corrected chi connectivity index (χ1v) is 10.5. The third kappa shape index (κ3) is 6.87. The lowest BCUT2D eigenvalue weighted by Gasteiger charge is -2.14. The van der Waals surface area contributed by atoms with Gasteiger partial charge in [0.1, 0.15) is 0 Å². The highest BCUT2D eigenvalue weighted by atomic mass is 32.2. The number of benzene rings is 1. The highest BCUT2D eigenvalue weighted by molar-refractivity contribution is 7.99. The molecule has 0 bridgehead atoms. The first-order valence-electron chi connectivity index (χ1n) is 9.49. The number of nitrogens with zero attached hydrogens (tertiary/aromatic N) is 2. The highest BCUT2D eigenvalue weighted by Crippen LogP contribution is 2.26. The number of rotatable bonds is 11. The predicted molar refractivity (Wildman–Crippen MR) is 108 cm³/mol. The Labute approximate surface area is 161 Å². The van der Waals surface area contributed by atoms with Crippen LogP contribution in [0.15, 0.2) is 41.6 Å². The molecule has 2 rings (SSSR count). The monoisotopic (exact) mass is 374 g/mol. The Balaban J connectivity index is 1.74. The lowest BCUT2D eigenvalue weighted by atomic mass is 10.0. The normalized spacial score (nSPS) is 12.1. The van der Waals surface area contributed by atoms with E-state index in [1.54, 1.807) is 16.4 Å². The second kappa shape index (κ2) is 11.1. The fourth-order valence-corrected chi connectivity index (χ4v) is 3.66. The number of carbonyl (C=O) groups excluding carboxylic acids is 1. The van der Waals surface area contributed by atoms with Crippen molar-refractivity contribution in [3.8, 4) is 11.1 Å². The number of hydrogen-bond acceptors (Lipinski definition) is 4.